The summed E-state index contributed by atoms with van der Waals surface area (Å²) in [6.45, 7) is 9.99. The van der Waals surface area contributed by atoms with Gasteiger partial charge in [-0.05, 0) is 19.8 Å². The lowest BCUT2D eigenvalue weighted by Crippen LogP contribution is -2.37. The van der Waals surface area contributed by atoms with Gasteiger partial charge in [0, 0.05) is 45.7 Å². The highest BCUT2D eigenvalue weighted by Crippen LogP contribution is 2.19. The number of anilines is 1. The van der Waals surface area contributed by atoms with E-state index < -0.39 is 0 Å². The minimum atomic E-state index is 0.715. The Hall–Kier alpha value is -1.89. The molecule has 0 atom stereocenters. The third-order valence-electron chi connectivity index (χ3n) is 4.45. The van der Waals surface area contributed by atoms with Crippen LogP contribution >= 0.6 is 0 Å². The second-order valence-corrected chi connectivity index (χ2v) is 6.21. The van der Waals surface area contributed by atoms with Gasteiger partial charge >= 0.3 is 0 Å². The monoisotopic (exact) mass is 347 g/mol. The van der Waals surface area contributed by atoms with E-state index in [0.29, 0.717) is 5.95 Å². The maximum atomic E-state index is 4.89. The average molecular weight is 348 g/mol. The molecule has 2 heterocycles. The molecule has 0 radical (unpaired) electrons. The number of hydrogen-bond acceptors (Lipinski definition) is 5. The number of rotatable bonds is 6. The fourth-order valence-electron chi connectivity index (χ4n) is 3.03. The van der Waals surface area contributed by atoms with Gasteiger partial charge in [0.05, 0.1) is 0 Å². The van der Waals surface area contributed by atoms with Crippen molar-refractivity contribution in [2.24, 2.45) is 9.98 Å². The van der Waals surface area contributed by atoms with E-state index in [0.717, 1.165) is 49.7 Å². The standard InChI is InChI=1S/C18H33N7/c1-5-15(23-20-6-2)21-18-22-17(14-16(19-4)25(18)7-3)24-12-10-8-9-11-13-24/h14,20H,5-13H2,1-4H3,(H,21,22,23). The van der Waals surface area contributed by atoms with E-state index in [2.05, 4.69) is 52.1 Å². The Morgan fingerprint density at radius 1 is 1.16 bits per heavy atom. The summed E-state index contributed by atoms with van der Waals surface area (Å²) in [6.07, 6.45) is 5.88. The molecule has 0 amide bonds. The Kier molecular flexibility index (Phi) is 7.91. The number of nitrogens with one attached hydrogen (secondary N) is 2. The fourth-order valence-corrected chi connectivity index (χ4v) is 3.03. The Morgan fingerprint density at radius 2 is 1.88 bits per heavy atom. The second kappa shape index (κ2) is 10.2. The third kappa shape index (κ3) is 5.29. The first-order valence-corrected chi connectivity index (χ1v) is 9.59. The molecule has 0 unspecified atom stereocenters. The number of hydrazine groups is 1. The molecule has 0 aromatic carbocycles. The van der Waals surface area contributed by atoms with Gasteiger partial charge in [0.2, 0.25) is 5.95 Å². The first-order valence-electron chi connectivity index (χ1n) is 9.59. The smallest absolute Gasteiger partial charge is 0.234 e. The zero-order chi connectivity index (χ0) is 18.1. The van der Waals surface area contributed by atoms with Crippen molar-refractivity contribution >= 4 is 17.6 Å². The third-order valence-corrected chi connectivity index (χ3v) is 4.45. The highest BCUT2D eigenvalue weighted by molar-refractivity contribution is 5.83. The van der Waals surface area contributed by atoms with Crippen LogP contribution in [-0.2, 0) is 6.54 Å². The van der Waals surface area contributed by atoms with Crippen molar-refractivity contribution in [3.63, 3.8) is 0 Å². The molecule has 140 valence electrons. The van der Waals surface area contributed by atoms with Gasteiger partial charge in [-0.15, -0.1) is 0 Å². The van der Waals surface area contributed by atoms with Gasteiger partial charge in [-0.3, -0.25) is 9.56 Å². The minimum absolute atomic E-state index is 0.715. The molecule has 1 aliphatic rings. The lowest BCUT2D eigenvalue weighted by Gasteiger charge is -2.23. The zero-order valence-corrected chi connectivity index (χ0v) is 16.2. The van der Waals surface area contributed by atoms with Gasteiger partial charge < -0.3 is 10.3 Å². The Bertz CT molecular complexity index is 625. The van der Waals surface area contributed by atoms with Gasteiger partial charge in [-0.2, -0.15) is 9.98 Å². The van der Waals surface area contributed by atoms with Crippen molar-refractivity contribution < 1.29 is 0 Å². The van der Waals surface area contributed by atoms with Crippen LogP contribution in [0.15, 0.2) is 16.1 Å². The van der Waals surface area contributed by atoms with Gasteiger partial charge in [0.25, 0.3) is 0 Å². The van der Waals surface area contributed by atoms with Gasteiger partial charge in [-0.25, -0.2) is 5.43 Å². The van der Waals surface area contributed by atoms with Crippen LogP contribution in [0.5, 0.6) is 0 Å². The molecule has 1 fully saturated rings. The number of nitrogens with zero attached hydrogens (tertiary/aromatic N) is 5. The molecule has 7 nitrogen and oxygen atoms in total. The van der Waals surface area contributed by atoms with E-state index in [1.54, 1.807) is 0 Å². The number of amidine groups is 1. The largest absolute Gasteiger partial charge is 0.356 e. The van der Waals surface area contributed by atoms with Crippen molar-refractivity contribution in [1.29, 1.82) is 0 Å². The van der Waals surface area contributed by atoms with E-state index in [4.69, 9.17) is 9.98 Å². The molecule has 2 N–H and O–H groups in total. The predicted octanol–water partition coefficient (Wildman–Crippen LogP) is 2.37. The summed E-state index contributed by atoms with van der Waals surface area (Å²) < 4.78 is 2.06. The normalized spacial score (nSPS) is 16.9. The maximum absolute atomic E-state index is 4.89. The van der Waals surface area contributed by atoms with E-state index in [-0.39, 0.29) is 0 Å². The molecule has 0 bridgehead atoms. The van der Waals surface area contributed by atoms with Crippen molar-refractivity contribution in [3.8, 4) is 0 Å². The van der Waals surface area contributed by atoms with E-state index >= 15 is 0 Å². The zero-order valence-electron chi connectivity index (χ0n) is 16.2. The van der Waals surface area contributed by atoms with Crippen LogP contribution in [0.25, 0.3) is 0 Å². The van der Waals surface area contributed by atoms with Crippen molar-refractivity contribution in [1.82, 2.24) is 20.4 Å². The summed E-state index contributed by atoms with van der Waals surface area (Å²) in [5, 5.41) is 0. The fraction of sp³-hybridized carbons (Fsp3) is 0.722. The quantitative estimate of drug-likeness (QED) is 0.471. The van der Waals surface area contributed by atoms with Crippen LogP contribution < -0.4 is 21.2 Å². The second-order valence-electron chi connectivity index (χ2n) is 6.21. The maximum Gasteiger partial charge on any atom is 0.234 e. The molecule has 0 spiro atoms. The highest BCUT2D eigenvalue weighted by atomic mass is 15.4. The Balaban J connectivity index is 2.45. The number of hydrogen-bond donors (Lipinski definition) is 2. The molecule has 1 saturated heterocycles. The highest BCUT2D eigenvalue weighted by Gasteiger charge is 2.14. The first kappa shape index (κ1) is 19.4. The van der Waals surface area contributed by atoms with E-state index in [1.807, 2.05) is 7.05 Å². The van der Waals surface area contributed by atoms with Crippen LogP contribution in [0, 0.1) is 0 Å². The molecular formula is C18H33N7. The summed E-state index contributed by atoms with van der Waals surface area (Å²) in [5.41, 5.74) is 7.21. The number of aromatic nitrogens is 2. The summed E-state index contributed by atoms with van der Waals surface area (Å²) in [5.74, 6) is 2.59. The summed E-state index contributed by atoms with van der Waals surface area (Å²) in [6, 6.07) is 2.09. The predicted molar refractivity (Wildman–Crippen MR) is 104 cm³/mol. The average Bonchev–Trinajstić information content (AvgIpc) is 2.93. The van der Waals surface area contributed by atoms with Crippen LogP contribution in [0.3, 0.4) is 0 Å². The topological polar surface area (TPSA) is 69.8 Å². The van der Waals surface area contributed by atoms with Gasteiger partial charge in [-0.1, -0.05) is 26.7 Å². The molecule has 1 aromatic heterocycles. The Labute approximate surface area is 151 Å². The summed E-state index contributed by atoms with van der Waals surface area (Å²) in [7, 11) is 1.83. The molecule has 0 saturated carbocycles. The molecule has 7 heteroatoms. The van der Waals surface area contributed by atoms with Crippen LogP contribution in [0.1, 0.15) is 52.9 Å². The van der Waals surface area contributed by atoms with E-state index in [9.17, 15) is 0 Å². The lowest BCUT2D eigenvalue weighted by molar-refractivity contribution is 0.665. The SMILES string of the molecule is CCNN/C(CC)=N/c1nc(N2CCCCCC2)cc(=NC)n1CC. The number of aliphatic imine (C=N–C) groups is 1. The minimum Gasteiger partial charge on any atom is -0.356 e. The van der Waals surface area contributed by atoms with Crippen LogP contribution in [0.4, 0.5) is 11.8 Å². The molecule has 2 rings (SSSR count). The summed E-state index contributed by atoms with van der Waals surface area (Å²) >= 11 is 0. The molecule has 1 aliphatic heterocycles. The Morgan fingerprint density at radius 3 is 2.44 bits per heavy atom. The van der Waals surface area contributed by atoms with Gasteiger partial charge in [0.1, 0.15) is 17.1 Å². The molecule has 0 aliphatic carbocycles. The van der Waals surface area contributed by atoms with Gasteiger partial charge in [0.15, 0.2) is 0 Å². The van der Waals surface area contributed by atoms with Crippen molar-refractivity contribution in [3.05, 3.63) is 11.6 Å². The van der Waals surface area contributed by atoms with Crippen LogP contribution in [0.2, 0.25) is 0 Å². The molecule has 25 heavy (non-hydrogen) atoms. The van der Waals surface area contributed by atoms with E-state index in [1.165, 1.54) is 25.7 Å². The molecular weight excluding hydrogens is 314 g/mol. The summed E-state index contributed by atoms with van der Waals surface area (Å²) in [4.78, 5) is 16.5. The van der Waals surface area contributed by atoms with Crippen molar-refractivity contribution in [2.45, 2.75) is 59.4 Å². The van der Waals surface area contributed by atoms with Crippen LogP contribution in [-0.4, -0.2) is 42.1 Å². The van der Waals surface area contributed by atoms with Crippen molar-refractivity contribution in [2.75, 3.05) is 31.6 Å². The lowest BCUT2D eigenvalue weighted by atomic mass is 10.2. The first-order chi connectivity index (χ1) is 12.2. The molecule has 1 aromatic rings.